The van der Waals surface area contributed by atoms with E-state index in [1.165, 1.54) is 30.4 Å². The van der Waals surface area contributed by atoms with Crippen LogP contribution < -0.4 is 5.32 Å². The molecule has 0 fully saturated rings. The molecule has 0 aliphatic carbocycles. The first-order valence-corrected chi connectivity index (χ1v) is 10.9. The number of hydrogen-bond donors (Lipinski definition) is 1. The third-order valence-corrected chi connectivity index (χ3v) is 4.73. The minimum Gasteiger partial charge on any atom is -0.462 e. The summed E-state index contributed by atoms with van der Waals surface area (Å²) in [5.41, 5.74) is 3.13. The molecule has 2 aromatic carbocycles. The van der Waals surface area contributed by atoms with Crippen molar-refractivity contribution in [2.45, 2.75) is 52.0 Å². The lowest BCUT2D eigenvalue weighted by atomic mass is 10.1. The number of nitrogens with one attached hydrogen (secondary N) is 1. The van der Waals surface area contributed by atoms with E-state index in [0.717, 1.165) is 45.6 Å². The van der Waals surface area contributed by atoms with Gasteiger partial charge >= 0.3 is 5.97 Å². The number of unbranched alkanes of at least 4 members (excludes halogenated alkanes) is 3. The number of carbonyl (C=O) groups excluding carboxylic acids is 1. The Bertz CT molecular complexity index is 670. The summed E-state index contributed by atoms with van der Waals surface area (Å²) < 4.78 is 10.9. The molecule has 4 nitrogen and oxygen atoms in total. The number of esters is 1. The Morgan fingerprint density at radius 1 is 0.828 bits per heavy atom. The minimum absolute atomic E-state index is 0.245. The van der Waals surface area contributed by atoms with Crippen LogP contribution in [0.25, 0.3) is 0 Å². The highest BCUT2D eigenvalue weighted by Crippen LogP contribution is 2.08. The largest absolute Gasteiger partial charge is 0.462 e. The fraction of sp³-hybridized carbons (Fsp3) is 0.480. The molecule has 0 amide bonds. The van der Waals surface area contributed by atoms with Crippen LogP contribution in [0, 0.1) is 0 Å². The van der Waals surface area contributed by atoms with Crippen molar-refractivity contribution >= 4 is 5.97 Å². The highest BCUT2D eigenvalue weighted by atomic mass is 16.5. The Morgan fingerprint density at radius 3 is 2.34 bits per heavy atom. The summed E-state index contributed by atoms with van der Waals surface area (Å²) in [6, 6.07) is 18.1. The lowest BCUT2D eigenvalue weighted by Gasteiger charge is -2.07. The van der Waals surface area contributed by atoms with Gasteiger partial charge in [0.15, 0.2) is 0 Å². The first-order chi connectivity index (χ1) is 14.3. The Balaban J connectivity index is 1.42. The monoisotopic (exact) mass is 397 g/mol. The first kappa shape index (κ1) is 23.1. The van der Waals surface area contributed by atoms with Gasteiger partial charge in [0, 0.05) is 13.2 Å². The molecular weight excluding hydrogens is 362 g/mol. The number of carbonyl (C=O) groups is 1. The molecule has 0 radical (unpaired) electrons. The third-order valence-electron chi connectivity index (χ3n) is 4.73. The van der Waals surface area contributed by atoms with Crippen LogP contribution in [0.15, 0.2) is 54.6 Å². The standard InChI is InChI=1S/C25H35NO3/c1-2-18-29-25(27)24-14-12-22(13-15-24)16-20-28-19-9-4-3-8-17-26-21-23-10-6-5-7-11-23/h5-7,10-15,26H,2-4,8-9,16-21H2,1H3. The fourth-order valence-corrected chi connectivity index (χ4v) is 3.01. The molecule has 0 aromatic heterocycles. The summed E-state index contributed by atoms with van der Waals surface area (Å²) in [4.78, 5) is 11.8. The normalized spacial score (nSPS) is 10.8. The second-order valence-corrected chi connectivity index (χ2v) is 7.27. The van der Waals surface area contributed by atoms with Crippen molar-refractivity contribution in [3.8, 4) is 0 Å². The average Bonchev–Trinajstić information content (AvgIpc) is 2.77. The van der Waals surface area contributed by atoms with Crippen molar-refractivity contribution in [3.63, 3.8) is 0 Å². The van der Waals surface area contributed by atoms with Gasteiger partial charge in [0.25, 0.3) is 0 Å². The zero-order valence-corrected chi connectivity index (χ0v) is 17.7. The SMILES string of the molecule is CCCOC(=O)c1ccc(CCOCCCCCCNCc2ccccc2)cc1. The van der Waals surface area contributed by atoms with Gasteiger partial charge in [-0.3, -0.25) is 0 Å². The summed E-state index contributed by atoms with van der Waals surface area (Å²) in [7, 11) is 0. The molecule has 0 saturated heterocycles. The van der Waals surface area contributed by atoms with E-state index in [1.807, 2.05) is 37.3 Å². The minimum atomic E-state index is -0.245. The number of rotatable bonds is 15. The Kier molecular flexibility index (Phi) is 11.8. The second-order valence-electron chi connectivity index (χ2n) is 7.27. The number of benzene rings is 2. The van der Waals surface area contributed by atoms with E-state index in [4.69, 9.17) is 9.47 Å². The highest BCUT2D eigenvalue weighted by Gasteiger charge is 2.06. The topological polar surface area (TPSA) is 47.6 Å². The lowest BCUT2D eigenvalue weighted by Crippen LogP contribution is -2.14. The van der Waals surface area contributed by atoms with E-state index in [1.54, 1.807) is 0 Å². The van der Waals surface area contributed by atoms with Gasteiger partial charge in [0.1, 0.15) is 0 Å². The van der Waals surface area contributed by atoms with Crippen molar-refractivity contribution in [3.05, 3.63) is 71.3 Å². The van der Waals surface area contributed by atoms with Gasteiger partial charge in [-0.1, -0.05) is 62.2 Å². The lowest BCUT2D eigenvalue weighted by molar-refractivity contribution is 0.0505. The molecule has 0 heterocycles. The highest BCUT2D eigenvalue weighted by molar-refractivity contribution is 5.89. The molecule has 0 bridgehead atoms. The van der Waals surface area contributed by atoms with Crippen LogP contribution in [0.2, 0.25) is 0 Å². The Hall–Kier alpha value is -2.17. The van der Waals surface area contributed by atoms with Crippen LogP contribution in [-0.2, 0) is 22.4 Å². The van der Waals surface area contributed by atoms with Crippen molar-refractivity contribution < 1.29 is 14.3 Å². The van der Waals surface area contributed by atoms with E-state index >= 15 is 0 Å². The molecule has 0 saturated carbocycles. The molecule has 1 N–H and O–H groups in total. The Morgan fingerprint density at radius 2 is 1.59 bits per heavy atom. The average molecular weight is 398 g/mol. The summed E-state index contributed by atoms with van der Waals surface area (Å²) in [5.74, 6) is -0.245. The van der Waals surface area contributed by atoms with E-state index < -0.39 is 0 Å². The molecule has 0 unspecified atom stereocenters. The van der Waals surface area contributed by atoms with Gasteiger partial charge in [0.05, 0.1) is 18.8 Å². The van der Waals surface area contributed by atoms with E-state index in [0.29, 0.717) is 12.2 Å². The predicted octanol–water partition coefficient (Wildman–Crippen LogP) is 5.16. The maximum atomic E-state index is 11.8. The van der Waals surface area contributed by atoms with Crippen LogP contribution in [0.1, 0.15) is 60.5 Å². The van der Waals surface area contributed by atoms with E-state index in [2.05, 4.69) is 29.6 Å². The zero-order valence-electron chi connectivity index (χ0n) is 17.7. The van der Waals surface area contributed by atoms with Gasteiger partial charge in [0.2, 0.25) is 0 Å². The molecule has 2 rings (SSSR count). The van der Waals surface area contributed by atoms with E-state index in [-0.39, 0.29) is 5.97 Å². The van der Waals surface area contributed by atoms with Crippen molar-refractivity contribution in [1.82, 2.24) is 5.32 Å². The van der Waals surface area contributed by atoms with Gasteiger partial charge in [-0.2, -0.15) is 0 Å². The zero-order chi connectivity index (χ0) is 20.6. The van der Waals surface area contributed by atoms with Gasteiger partial charge in [-0.25, -0.2) is 4.79 Å². The smallest absolute Gasteiger partial charge is 0.338 e. The first-order valence-electron chi connectivity index (χ1n) is 10.9. The molecule has 0 aliphatic rings. The maximum Gasteiger partial charge on any atom is 0.338 e. The molecule has 2 aromatic rings. The third kappa shape index (κ3) is 10.2. The van der Waals surface area contributed by atoms with Crippen LogP contribution in [0.5, 0.6) is 0 Å². The van der Waals surface area contributed by atoms with Crippen molar-refractivity contribution in [2.75, 3.05) is 26.4 Å². The maximum absolute atomic E-state index is 11.8. The molecule has 4 heteroatoms. The quantitative estimate of drug-likeness (QED) is 0.333. The van der Waals surface area contributed by atoms with Gasteiger partial charge < -0.3 is 14.8 Å². The van der Waals surface area contributed by atoms with Gasteiger partial charge in [-0.05, 0) is 55.5 Å². The van der Waals surface area contributed by atoms with Crippen molar-refractivity contribution in [1.29, 1.82) is 0 Å². The fourth-order valence-electron chi connectivity index (χ4n) is 3.01. The van der Waals surface area contributed by atoms with Crippen LogP contribution in [0.4, 0.5) is 0 Å². The molecule has 0 atom stereocenters. The summed E-state index contributed by atoms with van der Waals surface area (Å²) in [6.07, 6.45) is 6.48. The molecular formula is C25H35NO3. The number of ether oxygens (including phenoxy) is 2. The second kappa shape index (κ2) is 14.8. The van der Waals surface area contributed by atoms with Crippen LogP contribution >= 0.6 is 0 Å². The molecule has 0 spiro atoms. The summed E-state index contributed by atoms with van der Waals surface area (Å²) in [5, 5.41) is 3.49. The summed E-state index contributed by atoms with van der Waals surface area (Å²) in [6.45, 7) is 6.01. The van der Waals surface area contributed by atoms with Gasteiger partial charge in [-0.15, -0.1) is 0 Å². The molecule has 29 heavy (non-hydrogen) atoms. The predicted molar refractivity (Wildman–Crippen MR) is 118 cm³/mol. The van der Waals surface area contributed by atoms with E-state index in [9.17, 15) is 4.79 Å². The molecule has 158 valence electrons. The summed E-state index contributed by atoms with van der Waals surface area (Å²) >= 11 is 0. The Labute approximate surface area is 175 Å². The van der Waals surface area contributed by atoms with Crippen molar-refractivity contribution in [2.24, 2.45) is 0 Å². The van der Waals surface area contributed by atoms with Crippen LogP contribution in [-0.4, -0.2) is 32.3 Å². The molecule has 0 aliphatic heterocycles. The van der Waals surface area contributed by atoms with Crippen LogP contribution in [0.3, 0.4) is 0 Å². The number of hydrogen-bond acceptors (Lipinski definition) is 4.